The fourth-order valence-electron chi connectivity index (χ4n) is 1.71. The van der Waals surface area contributed by atoms with E-state index < -0.39 is 5.82 Å². The lowest BCUT2D eigenvalue weighted by atomic mass is 10.1. The highest BCUT2D eigenvalue weighted by Gasteiger charge is 2.14. The number of nitrogens with zero attached hydrogens (tertiary/aromatic N) is 1. The molecule has 0 saturated carbocycles. The quantitative estimate of drug-likeness (QED) is 0.875. The lowest BCUT2D eigenvalue weighted by Crippen LogP contribution is -2.37. The van der Waals surface area contributed by atoms with Crippen LogP contribution in [0.15, 0.2) is 18.2 Å². The largest absolute Gasteiger partial charge is 0.334 e. The monoisotopic (exact) mass is 314 g/mol. The second-order valence-corrected chi connectivity index (χ2v) is 5.71. The summed E-state index contributed by atoms with van der Waals surface area (Å²) in [4.78, 5) is 24.9. The van der Waals surface area contributed by atoms with Gasteiger partial charge in [-0.25, -0.2) is 4.39 Å². The smallest absolute Gasteiger partial charge is 0.243 e. The Labute approximate surface area is 129 Å². The topological polar surface area (TPSA) is 49.4 Å². The highest BCUT2D eigenvalue weighted by atomic mass is 35.5. The SMILES string of the molecule is CC(=O)N(CCC(C)C)CC(=O)Nc1ccc(F)c(Cl)c1. The summed E-state index contributed by atoms with van der Waals surface area (Å²) in [6.45, 7) is 6.04. The molecule has 116 valence electrons. The molecule has 0 aliphatic rings. The Morgan fingerprint density at radius 1 is 1.38 bits per heavy atom. The maximum absolute atomic E-state index is 13.0. The van der Waals surface area contributed by atoms with Gasteiger partial charge in [-0.15, -0.1) is 0 Å². The number of hydrogen-bond donors (Lipinski definition) is 1. The van der Waals surface area contributed by atoms with Crippen LogP contribution < -0.4 is 5.32 Å². The zero-order chi connectivity index (χ0) is 16.0. The minimum absolute atomic E-state index is 0.0307. The van der Waals surface area contributed by atoms with Crippen LogP contribution in [0.1, 0.15) is 27.2 Å². The van der Waals surface area contributed by atoms with Gasteiger partial charge in [-0.05, 0) is 30.5 Å². The fraction of sp³-hybridized carbons (Fsp3) is 0.467. The van der Waals surface area contributed by atoms with Gasteiger partial charge in [0.25, 0.3) is 0 Å². The first kappa shape index (κ1) is 17.4. The Bertz CT molecular complexity index is 520. The van der Waals surface area contributed by atoms with Crippen LogP contribution in [-0.4, -0.2) is 29.8 Å². The van der Waals surface area contributed by atoms with Gasteiger partial charge in [-0.2, -0.15) is 0 Å². The van der Waals surface area contributed by atoms with Crippen molar-refractivity contribution in [2.24, 2.45) is 5.92 Å². The van der Waals surface area contributed by atoms with E-state index in [9.17, 15) is 14.0 Å². The standard InChI is InChI=1S/C15H20ClFN2O2/c1-10(2)6-7-19(11(3)20)9-15(21)18-12-4-5-14(17)13(16)8-12/h4-5,8,10H,6-7,9H2,1-3H3,(H,18,21). The van der Waals surface area contributed by atoms with E-state index in [0.717, 1.165) is 6.42 Å². The van der Waals surface area contributed by atoms with Crippen molar-refractivity contribution in [2.45, 2.75) is 27.2 Å². The highest BCUT2D eigenvalue weighted by molar-refractivity contribution is 6.31. The van der Waals surface area contributed by atoms with Gasteiger partial charge in [0, 0.05) is 19.2 Å². The summed E-state index contributed by atoms with van der Waals surface area (Å²) in [7, 11) is 0. The molecule has 0 fully saturated rings. The molecular formula is C15H20ClFN2O2. The van der Waals surface area contributed by atoms with Crippen molar-refractivity contribution in [3.8, 4) is 0 Å². The van der Waals surface area contributed by atoms with Crippen molar-refractivity contribution in [3.63, 3.8) is 0 Å². The molecule has 0 saturated heterocycles. The first-order chi connectivity index (χ1) is 9.79. The van der Waals surface area contributed by atoms with Crippen LogP contribution in [0.3, 0.4) is 0 Å². The summed E-state index contributed by atoms with van der Waals surface area (Å²) in [6.07, 6.45) is 0.829. The molecule has 0 spiro atoms. The zero-order valence-corrected chi connectivity index (χ0v) is 13.2. The molecule has 2 amide bonds. The first-order valence-electron chi connectivity index (χ1n) is 6.80. The van der Waals surface area contributed by atoms with Gasteiger partial charge in [0.15, 0.2) is 0 Å². The van der Waals surface area contributed by atoms with E-state index in [-0.39, 0.29) is 23.4 Å². The van der Waals surface area contributed by atoms with Gasteiger partial charge < -0.3 is 10.2 Å². The van der Waals surface area contributed by atoms with E-state index in [1.807, 2.05) is 0 Å². The van der Waals surface area contributed by atoms with Crippen molar-refractivity contribution in [3.05, 3.63) is 29.0 Å². The molecule has 0 aliphatic carbocycles. The van der Waals surface area contributed by atoms with Crippen LogP contribution in [0.5, 0.6) is 0 Å². The Morgan fingerprint density at radius 3 is 2.57 bits per heavy atom. The van der Waals surface area contributed by atoms with E-state index in [4.69, 9.17) is 11.6 Å². The van der Waals surface area contributed by atoms with E-state index >= 15 is 0 Å². The second kappa shape index (κ2) is 7.98. The van der Waals surface area contributed by atoms with Crippen molar-refractivity contribution in [1.29, 1.82) is 0 Å². The number of carbonyl (C=O) groups is 2. The number of benzene rings is 1. The van der Waals surface area contributed by atoms with Crippen LogP contribution in [-0.2, 0) is 9.59 Å². The Kier molecular flexibility index (Phi) is 6.62. The number of nitrogens with one attached hydrogen (secondary N) is 1. The van der Waals surface area contributed by atoms with Crippen LogP contribution in [0.4, 0.5) is 10.1 Å². The number of halogens is 2. The third-order valence-corrected chi connectivity index (χ3v) is 3.25. The molecule has 0 bridgehead atoms. The third-order valence-electron chi connectivity index (χ3n) is 2.96. The molecule has 1 aromatic carbocycles. The molecule has 4 nitrogen and oxygen atoms in total. The fourth-order valence-corrected chi connectivity index (χ4v) is 1.89. The number of hydrogen-bond acceptors (Lipinski definition) is 2. The molecule has 6 heteroatoms. The second-order valence-electron chi connectivity index (χ2n) is 5.30. The molecular weight excluding hydrogens is 295 g/mol. The van der Waals surface area contributed by atoms with Crippen molar-refractivity contribution in [1.82, 2.24) is 4.90 Å². The van der Waals surface area contributed by atoms with E-state index in [2.05, 4.69) is 19.2 Å². The minimum Gasteiger partial charge on any atom is -0.334 e. The summed E-state index contributed by atoms with van der Waals surface area (Å²) in [5, 5.41) is 2.54. The summed E-state index contributed by atoms with van der Waals surface area (Å²) < 4.78 is 13.0. The molecule has 0 unspecified atom stereocenters. The van der Waals surface area contributed by atoms with Crippen molar-refractivity contribution in [2.75, 3.05) is 18.4 Å². The maximum atomic E-state index is 13.0. The van der Waals surface area contributed by atoms with Gasteiger partial charge in [0.1, 0.15) is 5.82 Å². The van der Waals surface area contributed by atoms with Crippen LogP contribution >= 0.6 is 11.6 Å². The van der Waals surface area contributed by atoms with Gasteiger partial charge in [0.2, 0.25) is 11.8 Å². The predicted molar refractivity (Wildman–Crippen MR) is 81.7 cm³/mol. The number of carbonyl (C=O) groups excluding carboxylic acids is 2. The predicted octanol–water partition coefficient (Wildman–Crippen LogP) is 3.31. The number of anilines is 1. The average Bonchev–Trinajstić information content (AvgIpc) is 2.38. The van der Waals surface area contributed by atoms with E-state index in [1.54, 1.807) is 0 Å². The molecule has 1 N–H and O–H groups in total. The van der Waals surface area contributed by atoms with Crippen LogP contribution in [0, 0.1) is 11.7 Å². The Morgan fingerprint density at radius 2 is 2.05 bits per heavy atom. The molecule has 0 radical (unpaired) electrons. The van der Waals surface area contributed by atoms with E-state index in [0.29, 0.717) is 18.2 Å². The Balaban J connectivity index is 2.60. The Hall–Kier alpha value is -1.62. The van der Waals surface area contributed by atoms with Gasteiger partial charge in [-0.3, -0.25) is 9.59 Å². The van der Waals surface area contributed by atoms with Crippen LogP contribution in [0.2, 0.25) is 5.02 Å². The molecule has 0 aromatic heterocycles. The molecule has 0 atom stereocenters. The van der Waals surface area contributed by atoms with Crippen LogP contribution in [0.25, 0.3) is 0 Å². The molecule has 1 aromatic rings. The summed E-state index contributed by atoms with van der Waals surface area (Å²) >= 11 is 5.65. The molecule has 0 heterocycles. The molecule has 0 aliphatic heterocycles. The van der Waals surface area contributed by atoms with Gasteiger partial charge in [0.05, 0.1) is 11.6 Å². The van der Waals surface area contributed by atoms with E-state index in [1.165, 1.54) is 30.0 Å². The molecule has 1 rings (SSSR count). The van der Waals surface area contributed by atoms with Gasteiger partial charge >= 0.3 is 0 Å². The van der Waals surface area contributed by atoms with Crippen molar-refractivity contribution >= 4 is 29.1 Å². The summed E-state index contributed by atoms with van der Waals surface area (Å²) in [5.74, 6) is -0.581. The normalized spacial score (nSPS) is 10.6. The lowest BCUT2D eigenvalue weighted by Gasteiger charge is -2.21. The van der Waals surface area contributed by atoms with Gasteiger partial charge in [-0.1, -0.05) is 25.4 Å². The maximum Gasteiger partial charge on any atom is 0.243 e. The van der Waals surface area contributed by atoms with Crippen molar-refractivity contribution < 1.29 is 14.0 Å². The number of amides is 2. The summed E-state index contributed by atoms with van der Waals surface area (Å²) in [5.41, 5.74) is 0.402. The minimum atomic E-state index is -0.544. The first-order valence-corrected chi connectivity index (χ1v) is 7.17. The zero-order valence-electron chi connectivity index (χ0n) is 12.5. The molecule has 21 heavy (non-hydrogen) atoms. The lowest BCUT2D eigenvalue weighted by molar-refractivity contribution is -0.132. The summed E-state index contributed by atoms with van der Waals surface area (Å²) in [6, 6.07) is 3.94. The third kappa shape index (κ3) is 6.12. The number of rotatable bonds is 6. The highest BCUT2D eigenvalue weighted by Crippen LogP contribution is 2.19. The average molecular weight is 315 g/mol.